The fourth-order valence-electron chi connectivity index (χ4n) is 2.74. The zero-order chi connectivity index (χ0) is 18.7. The highest BCUT2D eigenvalue weighted by molar-refractivity contribution is 7.99. The Morgan fingerprint density at radius 3 is 2.96 bits per heavy atom. The van der Waals surface area contributed by atoms with Gasteiger partial charge in [-0.25, -0.2) is 8.42 Å². The van der Waals surface area contributed by atoms with Crippen molar-refractivity contribution < 1.29 is 17.7 Å². The van der Waals surface area contributed by atoms with Gasteiger partial charge in [-0.3, -0.25) is 4.79 Å². The summed E-state index contributed by atoms with van der Waals surface area (Å²) in [4.78, 5) is 12.0. The second-order valence-corrected chi connectivity index (χ2v) is 9.17. The fraction of sp³-hybridized carbons (Fsp3) is 0.467. The van der Waals surface area contributed by atoms with Crippen LogP contribution in [0.3, 0.4) is 0 Å². The molecule has 0 aliphatic carbocycles. The molecule has 9 nitrogen and oxygen atoms in total. The van der Waals surface area contributed by atoms with E-state index in [-0.39, 0.29) is 29.1 Å². The van der Waals surface area contributed by atoms with Crippen LogP contribution in [0.25, 0.3) is 0 Å². The second-order valence-electron chi connectivity index (χ2n) is 6.00. The smallest absolute Gasteiger partial charge is 0.236 e. The van der Waals surface area contributed by atoms with Crippen molar-refractivity contribution in [1.82, 2.24) is 19.9 Å². The van der Waals surface area contributed by atoms with Crippen molar-refractivity contribution in [2.24, 2.45) is 0 Å². The zero-order valence-corrected chi connectivity index (χ0v) is 15.8. The second kappa shape index (κ2) is 7.62. The lowest BCUT2D eigenvalue weighted by molar-refractivity contribution is -0.113. The maximum Gasteiger partial charge on any atom is 0.236 e. The Hall–Kier alpha value is -2.14. The highest BCUT2D eigenvalue weighted by Gasteiger charge is 2.33. The number of nitrogens with one attached hydrogen (secondary N) is 1. The molecule has 3 rings (SSSR count). The van der Waals surface area contributed by atoms with E-state index in [0.29, 0.717) is 35.5 Å². The number of anilines is 1. The van der Waals surface area contributed by atoms with E-state index in [1.807, 2.05) is 4.57 Å². The standard InChI is InChI=1S/C15H19N5O4S2/c1-3-5-20-14(11-4-6-26(22,23)9-11)17-18-15(20)25-8-13(21)16-12-7-10(2)24-19-12/h3,7,11H,1,4-6,8-9H2,2H3,(H,16,19,21). The summed E-state index contributed by atoms with van der Waals surface area (Å²) in [6.07, 6.45) is 2.23. The Morgan fingerprint density at radius 1 is 1.54 bits per heavy atom. The van der Waals surface area contributed by atoms with Gasteiger partial charge in [-0.1, -0.05) is 23.0 Å². The molecule has 140 valence electrons. The number of sulfone groups is 1. The van der Waals surface area contributed by atoms with Crippen molar-refractivity contribution in [2.75, 3.05) is 22.6 Å². The van der Waals surface area contributed by atoms with Gasteiger partial charge in [0.15, 0.2) is 20.8 Å². The summed E-state index contributed by atoms with van der Waals surface area (Å²) in [5.41, 5.74) is 0. The summed E-state index contributed by atoms with van der Waals surface area (Å²) in [6.45, 7) is 5.91. The molecule has 1 N–H and O–H groups in total. The van der Waals surface area contributed by atoms with E-state index in [0.717, 1.165) is 0 Å². The highest BCUT2D eigenvalue weighted by Crippen LogP contribution is 2.30. The van der Waals surface area contributed by atoms with E-state index >= 15 is 0 Å². The molecule has 1 saturated heterocycles. The van der Waals surface area contributed by atoms with Crippen LogP contribution in [-0.4, -0.2) is 51.5 Å². The number of carbonyl (C=O) groups excluding carboxylic acids is 1. The SMILES string of the molecule is C=CCn1c(SCC(=O)Nc2cc(C)on2)nnc1C1CCS(=O)(=O)C1. The molecule has 2 aromatic rings. The number of hydrogen-bond donors (Lipinski definition) is 1. The van der Waals surface area contributed by atoms with Crippen LogP contribution < -0.4 is 5.32 Å². The Bertz CT molecular complexity index is 918. The van der Waals surface area contributed by atoms with Crippen LogP contribution in [0.5, 0.6) is 0 Å². The molecule has 3 heterocycles. The van der Waals surface area contributed by atoms with Crippen molar-refractivity contribution in [1.29, 1.82) is 0 Å². The quantitative estimate of drug-likeness (QED) is 0.550. The summed E-state index contributed by atoms with van der Waals surface area (Å²) in [7, 11) is -3.02. The number of allylic oxidation sites excluding steroid dienone is 1. The molecule has 2 aromatic heterocycles. The monoisotopic (exact) mass is 397 g/mol. The summed E-state index contributed by atoms with van der Waals surface area (Å²) >= 11 is 1.22. The maximum absolute atomic E-state index is 12.0. The molecule has 11 heteroatoms. The van der Waals surface area contributed by atoms with E-state index in [4.69, 9.17) is 4.52 Å². The Balaban J connectivity index is 1.67. The number of aryl methyl sites for hydroxylation is 1. The Kier molecular flexibility index (Phi) is 5.47. The average molecular weight is 397 g/mol. The van der Waals surface area contributed by atoms with Gasteiger partial charge in [0.25, 0.3) is 0 Å². The summed E-state index contributed by atoms with van der Waals surface area (Å²) in [5.74, 6) is 1.53. The first-order valence-electron chi connectivity index (χ1n) is 7.98. The summed E-state index contributed by atoms with van der Waals surface area (Å²) in [5, 5.41) is 15.2. The summed E-state index contributed by atoms with van der Waals surface area (Å²) < 4.78 is 30.2. The third-order valence-corrected chi connectivity index (χ3v) is 6.62. The van der Waals surface area contributed by atoms with Crippen molar-refractivity contribution in [3.63, 3.8) is 0 Å². The van der Waals surface area contributed by atoms with E-state index in [1.165, 1.54) is 11.8 Å². The largest absolute Gasteiger partial charge is 0.360 e. The van der Waals surface area contributed by atoms with Gasteiger partial charge in [-0.2, -0.15) is 0 Å². The van der Waals surface area contributed by atoms with Crippen LogP contribution >= 0.6 is 11.8 Å². The first-order valence-corrected chi connectivity index (χ1v) is 10.8. The number of rotatable bonds is 7. The van der Waals surface area contributed by atoms with Crippen molar-refractivity contribution in [2.45, 2.75) is 31.0 Å². The molecule has 0 spiro atoms. The highest BCUT2D eigenvalue weighted by atomic mass is 32.2. The molecular formula is C15H19N5O4S2. The maximum atomic E-state index is 12.0. The zero-order valence-electron chi connectivity index (χ0n) is 14.2. The van der Waals surface area contributed by atoms with Crippen LogP contribution in [0.15, 0.2) is 28.4 Å². The van der Waals surface area contributed by atoms with E-state index in [9.17, 15) is 13.2 Å². The van der Waals surface area contributed by atoms with Crippen molar-refractivity contribution in [3.05, 3.63) is 30.3 Å². The molecule has 1 amide bonds. The van der Waals surface area contributed by atoms with Gasteiger partial charge in [0.05, 0.1) is 17.3 Å². The third kappa shape index (κ3) is 4.33. The van der Waals surface area contributed by atoms with Gasteiger partial charge < -0.3 is 14.4 Å². The minimum atomic E-state index is -3.02. The molecule has 1 fully saturated rings. The third-order valence-electron chi connectivity index (χ3n) is 3.88. The summed E-state index contributed by atoms with van der Waals surface area (Å²) in [6, 6.07) is 1.63. The van der Waals surface area contributed by atoms with Crippen molar-refractivity contribution in [3.8, 4) is 0 Å². The van der Waals surface area contributed by atoms with Crippen LogP contribution in [-0.2, 0) is 21.2 Å². The molecule has 0 radical (unpaired) electrons. The first kappa shape index (κ1) is 18.6. The van der Waals surface area contributed by atoms with Gasteiger partial charge >= 0.3 is 0 Å². The normalized spacial score (nSPS) is 18.7. The number of hydrogen-bond acceptors (Lipinski definition) is 8. The predicted molar refractivity (Wildman–Crippen MR) is 96.8 cm³/mol. The lowest BCUT2D eigenvalue weighted by Gasteiger charge is -2.11. The number of carbonyl (C=O) groups is 1. The molecule has 0 aromatic carbocycles. The van der Waals surface area contributed by atoms with E-state index in [2.05, 4.69) is 27.2 Å². The predicted octanol–water partition coefficient (Wildman–Crippen LogP) is 1.39. The molecule has 0 bridgehead atoms. The number of nitrogens with zero attached hydrogens (tertiary/aromatic N) is 4. The van der Waals surface area contributed by atoms with E-state index < -0.39 is 9.84 Å². The average Bonchev–Trinajstić information content (AvgIpc) is 3.25. The fourth-order valence-corrected chi connectivity index (χ4v) is 5.24. The number of thioether (sulfide) groups is 1. The van der Waals surface area contributed by atoms with Crippen molar-refractivity contribution >= 4 is 33.3 Å². The molecule has 1 aliphatic rings. The van der Waals surface area contributed by atoms with Gasteiger partial charge in [0.2, 0.25) is 5.91 Å². The van der Waals surface area contributed by atoms with Gasteiger partial charge in [0.1, 0.15) is 11.6 Å². The lowest BCUT2D eigenvalue weighted by atomic mass is 10.1. The molecule has 1 atom stereocenters. The van der Waals surface area contributed by atoms with Gasteiger partial charge in [-0.05, 0) is 13.3 Å². The van der Waals surface area contributed by atoms with Crippen LogP contribution in [0, 0.1) is 6.92 Å². The Morgan fingerprint density at radius 2 is 2.35 bits per heavy atom. The molecule has 26 heavy (non-hydrogen) atoms. The molecule has 1 unspecified atom stereocenters. The van der Waals surface area contributed by atoms with Gasteiger partial charge in [0, 0.05) is 18.5 Å². The van der Waals surface area contributed by atoms with Gasteiger partial charge in [-0.15, -0.1) is 16.8 Å². The van der Waals surface area contributed by atoms with E-state index in [1.54, 1.807) is 19.1 Å². The minimum absolute atomic E-state index is 0.0823. The minimum Gasteiger partial charge on any atom is -0.360 e. The molecular weight excluding hydrogens is 378 g/mol. The molecule has 0 saturated carbocycles. The number of aromatic nitrogens is 4. The molecule has 1 aliphatic heterocycles. The number of amides is 1. The first-order chi connectivity index (χ1) is 12.4. The van der Waals surface area contributed by atoms with Crippen LogP contribution in [0.1, 0.15) is 23.9 Å². The lowest BCUT2D eigenvalue weighted by Crippen LogP contribution is -2.15. The topological polar surface area (TPSA) is 120 Å². The Labute approximate surface area is 155 Å². The van der Waals surface area contributed by atoms with Crippen LogP contribution in [0.2, 0.25) is 0 Å². The van der Waals surface area contributed by atoms with Crippen LogP contribution in [0.4, 0.5) is 5.82 Å².